The van der Waals surface area contributed by atoms with E-state index in [0.717, 1.165) is 21.3 Å². The Bertz CT molecular complexity index is 1190. The molecule has 1 N–H and O–H groups in total. The largest absolute Gasteiger partial charge is 0.477 e. The van der Waals surface area contributed by atoms with E-state index in [2.05, 4.69) is 4.98 Å². The van der Waals surface area contributed by atoms with Crippen molar-refractivity contribution in [3.63, 3.8) is 0 Å². The maximum Gasteiger partial charge on any atom is 0.310 e. The van der Waals surface area contributed by atoms with Crippen molar-refractivity contribution in [2.24, 2.45) is 0 Å². The lowest BCUT2D eigenvalue weighted by atomic mass is 10.0. The third-order valence-corrected chi connectivity index (χ3v) is 5.85. The maximum atomic E-state index is 13.0. The number of nitrogens with zero attached hydrogens (tertiary/aromatic N) is 2. The highest BCUT2D eigenvalue weighted by molar-refractivity contribution is 7.10. The van der Waals surface area contributed by atoms with E-state index in [4.69, 9.17) is 4.74 Å². The molecule has 2 aromatic carbocycles. The van der Waals surface area contributed by atoms with Gasteiger partial charge in [-0.3, -0.25) is 14.9 Å². The first-order valence-electron chi connectivity index (χ1n) is 9.27. The van der Waals surface area contributed by atoms with Crippen molar-refractivity contribution >= 4 is 33.8 Å². The van der Waals surface area contributed by atoms with Gasteiger partial charge in [0, 0.05) is 40.7 Å². The van der Waals surface area contributed by atoms with Crippen LogP contribution in [0.4, 0.5) is 5.69 Å². The summed E-state index contributed by atoms with van der Waals surface area (Å²) in [5, 5.41) is 14.2. The summed E-state index contributed by atoms with van der Waals surface area (Å²) in [6.07, 6.45) is 1.92. The third-order valence-electron chi connectivity index (χ3n) is 4.92. The molecule has 4 aromatic rings. The molecular weight excluding hydrogens is 402 g/mol. The summed E-state index contributed by atoms with van der Waals surface area (Å²) < 4.78 is 5.52. The van der Waals surface area contributed by atoms with Gasteiger partial charge in [-0.05, 0) is 23.6 Å². The van der Waals surface area contributed by atoms with Crippen LogP contribution >= 0.6 is 11.3 Å². The van der Waals surface area contributed by atoms with Crippen LogP contribution in [0.15, 0.2) is 72.2 Å². The van der Waals surface area contributed by atoms with Crippen molar-refractivity contribution < 1.29 is 14.5 Å². The molecule has 4 rings (SSSR count). The van der Waals surface area contributed by atoms with Gasteiger partial charge in [0.05, 0.1) is 11.0 Å². The Balaban J connectivity index is 1.61. The number of nitrogens with one attached hydrogen (secondary N) is 1. The van der Waals surface area contributed by atoms with Crippen LogP contribution in [0.2, 0.25) is 0 Å². The monoisotopic (exact) mass is 421 g/mol. The minimum Gasteiger partial charge on any atom is -0.477 e. The molecule has 1 amide bonds. The maximum absolute atomic E-state index is 13.0. The number of hydrogen-bond donors (Lipinski definition) is 1. The first-order valence-corrected chi connectivity index (χ1v) is 10.2. The van der Waals surface area contributed by atoms with Gasteiger partial charge in [0.2, 0.25) is 0 Å². The lowest BCUT2D eigenvalue weighted by Crippen LogP contribution is -2.35. The Kier molecular flexibility index (Phi) is 5.49. The summed E-state index contributed by atoms with van der Waals surface area (Å²) in [6.45, 7) is -0.300. The van der Waals surface area contributed by atoms with Crippen LogP contribution in [-0.4, -0.2) is 34.4 Å². The summed E-state index contributed by atoms with van der Waals surface area (Å²) in [6, 6.07) is 17.6. The number of amides is 1. The molecule has 0 saturated carbocycles. The molecule has 0 aliphatic heterocycles. The van der Waals surface area contributed by atoms with Gasteiger partial charge >= 0.3 is 5.69 Å². The zero-order chi connectivity index (χ0) is 21.1. The predicted molar refractivity (Wildman–Crippen MR) is 116 cm³/mol. The molecule has 152 valence electrons. The van der Waals surface area contributed by atoms with Crippen LogP contribution in [0, 0.1) is 10.1 Å². The van der Waals surface area contributed by atoms with E-state index in [9.17, 15) is 14.9 Å². The molecule has 0 spiro atoms. The van der Waals surface area contributed by atoms with E-state index in [1.54, 1.807) is 35.4 Å². The van der Waals surface area contributed by atoms with Gasteiger partial charge in [-0.2, -0.15) is 0 Å². The first-order chi connectivity index (χ1) is 14.6. The number of rotatable bonds is 7. The van der Waals surface area contributed by atoms with Crippen molar-refractivity contribution in [2.45, 2.75) is 6.04 Å². The fourth-order valence-corrected chi connectivity index (χ4v) is 4.32. The zero-order valence-corrected chi connectivity index (χ0v) is 17.0. The van der Waals surface area contributed by atoms with Crippen molar-refractivity contribution in [1.82, 2.24) is 9.88 Å². The molecule has 2 heterocycles. The van der Waals surface area contributed by atoms with Gasteiger partial charge < -0.3 is 14.6 Å². The molecule has 2 aromatic heterocycles. The molecule has 0 unspecified atom stereocenters. The molecule has 0 radical (unpaired) electrons. The number of thiophene rings is 1. The highest BCUT2D eigenvalue weighted by atomic mass is 32.1. The number of aromatic nitrogens is 1. The summed E-state index contributed by atoms with van der Waals surface area (Å²) in [7, 11) is 1.72. The second kappa shape index (κ2) is 8.38. The lowest BCUT2D eigenvalue weighted by molar-refractivity contribution is -0.385. The van der Waals surface area contributed by atoms with E-state index < -0.39 is 4.92 Å². The van der Waals surface area contributed by atoms with Crippen LogP contribution in [0.1, 0.15) is 16.5 Å². The minimum atomic E-state index is -0.524. The number of carbonyl (C=O) groups excluding carboxylic acids is 1. The normalized spacial score (nSPS) is 11.9. The average molecular weight is 421 g/mol. The van der Waals surface area contributed by atoms with Crippen LogP contribution in [-0.2, 0) is 4.79 Å². The fraction of sp³-hybridized carbons (Fsp3) is 0.136. The van der Waals surface area contributed by atoms with Crippen molar-refractivity contribution in [3.05, 3.63) is 92.8 Å². The van der Waals surface area contributed by atoms with Crippen molar-refractivity contribution in [3.8, 4) is 5.75 Å². The molecule has 7 nitrogen and oxygen atoms in total. The number of ether oxygens (including phenoxy) is 1. The molecule has 1 atom stereocenters. The number of aromatic amines is 1. The van der Waals surface area contributed by atoms with Crippen LogP contribution < -0.4 is 4.74 Å². The number of nitro benzene ring substituents is 1. The Morgan fingerprint density at radius 1 is 1.17 bits per heavy atom. The lowest BCUT2D eigenvalue weighted by Gasteiger charge is -2.27. The van der Waals surface area contributed by atoms with Crippen molar-refractivity contribution in [1.29, 1.82) is 0 Å². The number of likely N-dealkylation sites (N-methyl/N-ethyl adjacent to an activating group) is 1. The molecule has 0 bridgehead atoms. The molecule has 0 aliphatic rings. The standard InChI is InChI=1S/C22H19N3O4S/c1-24(21(26)14-29-19-10-5-4-9-18(19)25(27)28)22(20-11-6-12-30-20)16-13-23-17-8-3-2-7-15(16)17/h2-13,22-23H,14H2,1H3/t22-/m0/s1. The number of nitro groups is 1. The molecular formula is C22H19N3O4S. The summed E-state index contributed by atoms with van der Waals surface area (Å²) in [5.74, 6) is -0.208. The number of benzene rings is 2. The number of para-hydroxylation sites is 3. The van der Waals surface area contributed by atoms with Gasteiger partial charge in [0.25, 0.3) is 5.91 Å². The van der Waals surface area contributed by atoms with Crippen molar-refractivity contribution in [2.75, 3.05) is 13.7 Å². The van der Waals surface area contributed by atoms with E-state index in [-0.39, 0.29) is 30.0 Å². The van der Waals surface area contributed by atoms with E-state index >= 15 is 0 Å². The zero-order valence-electron chi connectivity index (χ0n) is 16.1. The SMILES string of the molecule is CN(C(=O)COc1ccccc1[N+](=O)[O-])[C@H](c1cccs1)c1c[nH]c2ccccc12. The van der Waals surface area contributed by atoms with E-state index in [1.807, 2.05) is 48.0 Å². The van der Waals surface area contributed by atoms with Gasteiger partial charge in [0.1, 0.15) is 0 Å². The second-order valence-electron chi connectivity index (χ2n) is 6.73. The fourth-order valence-electron chi connectivity index (χ4n) is 3.44. The summed E-state index contributed by atoms with van der Waals surface area (Å²) >= 11 is 1.57. The second-order valence-corrected chi connectivity index (χ2v) is 7.70. The Morgan fingerprint density at radius 2 is 1.93 bits per heavy atom. The number of fused-ring (bicyclic) bond motifs is 1. The van der Waals surface area contributed by atoms with Gasteiger partial charge in [0.15, 0.2) is 12.4 Å². The minimum absolute atomic E-state index is 0.0732. The first kappa shape index (κ1) is 19.7. The quantitative estimate of drug-likeness (QED) is 0.344. The number of carbonyl (C=O) groups is 1. The highest BCUT2D eigenvalue weighted by Gasteiger charge is 2.27. The molecule has 0 saturated heterocycles. The van der Waals surface area contributed by atoms with E-state index in [1.165, 1.54) is 12.1 Å². The Hall–Kier alpha value is -3.65. The highest BCUT2D eigenvalue weighted by Crippen LogP contribution is 2.35. The Morgan fingerprint density at radius 3 is 2.70 bits per heavy atom. The van der Waals surface area contributed by atoms with Crippen LogP contribution in [0.3, 0.4) is 0 Å². The third kappa shape index (κ3) is 3.77. The van der Waals surface area contributed by atoms with E-state index in [0.29, 0.717) is 0 Å². The molecule has 0 aliphatic carbocycles. The summed E-state index contributed by atoms with van der Waals surface area (Å²) in [5.41, 5.74) is 1.81. The number of hydrogen-bond acceptors (Lipinski definition) is 5. The average Bonchev–Trinajstić information content (AvgIpc) is 3.43. The smallest absolute Gasteiger partial charge is 0.310 e. The van der Waals surface area contributed by atoms with Gasteiger partial charge in [-0.25, -0.2) is 0 Å². The van der Waals surface area contributed by atoms with Gasteiger partial charge in [-0.15, -0.1) is 11.3 Å². The topological polar surface area (TPSA) is 88.5 Å². The molecule has 30 heavy (non-hydrogen) atoms. The summed E-state index contributed by atoms with van der Waals surface area (Å²) in [4.78, 5) is 29.5. The Labute approximate surface area is 176 Å². The predicted octanol–water partition coefficient (Wildman–Crippen LogP) is 4.76. The van der Waals surface area contributed by atoms with Crippen LogP contribution in [0.25, 0.3) is 10.9 Å². The molecule has 0 fully saturated rings. The van der Waals surface area contributed by atoms with Gasteiger partial charge in [-0.1, -0.05) is 36.4 Å². The number of H-pyrrole nitrogens is 1. The van der Waals surface area contributed by atoms with Crippen LogP contribution in [0.5, 0.6) is 5.75 Å². The molecule has 8 heteroatoms.